The molecule has 0 radical (unpaired) electrons. The second kappa shape index (κ2) is 8.50. The van der Waals surface area contributed by atoms with Crippen molar-refractivity contribution in [3.05, 3.63) is 41.9 Å². The molecule has 10 heteroatoms. The van der Waals surface area contributed by atoms with Gasteiger partial charge in [-0.05, 0) is 30.4 Å². The normalized spacial score (nSPS) is 21.7. The lowest BCUT2D eigenvalue weighted by atomic mass is 9.85. The minimum Gasteiger partial charge on any atom is -0.391 e. The van der Waals surface area contributed by atoms with E-state index >= 15 is 0 Å². The highest BCUT2D eigenvalue weighted by molar-refractivity contribution is 5.90. The molecule has 5 rings (SSSR count). The number of fused-ring (bicyclic) bond motifs is 1. The fraction of sp³-hybridized carbons (Fsp3) is 0.542. The number of para-hydroxylation sites is 1. The summed E-state index contributed by atoms with van der Waals surface area (Å²) in [7, 11) is 0. The van der Waals surface area contributed by atoms with Crippen LogP contribution < -0.4 is 5.32 Å². The molecule has 0 unspecified atom stereocenters. The van der Waals surface area contributed by atoms with E-state index in [2.05, 4.69) is 20.8 Å². The van der Waals surface area contributed by atoms with Crippen molar-refractivity contribution in [3.63, 3.8) is 0 Å². The van der Waals surface area contributed by atoms with E-state index in [-0.39, 0.29) is 31.3 Å². The quantitative estimate of drug-likeness (QED) is 0.570. The summed E-state index contributed by atoms with van der Waals surface area (Å²) in [5, 5.41) is 26.6. The first kappa shape index (κ1) is 22.5. The van der Waals surface area contributed by atoms with Crippen LogP contribution in [0.4, 0.5) is 0 Å². The maximum Gasteiger partial charge on any atom is 0.248 e. The number of hydrogen-bond donors (Lipinski definition) is 2. The number of nitrogens with one attached hydrogen (secondary N) is 1. The fourth-order valence-electron chi connectivity index (χ4n) is 4.68. The van der Waals surface area contributed by atoms with E-state index in [0.717, 1.165) is 23.9 Å². The van der Waals surface area contributed by atoms with Crippen LogP contribution >= 0.6 is 0 Å². The van der Waals surface area contributed by atoms with E-state index in [4.69, 9.17) is 4.52 Å². The fourth-order valence-corrected chi connectivity index (χ4v) is 4.68. The van der Waals surface area contributed by atoms with Crippen LogP contribution in [0.1, 0.15) is 63.4 Å². The van der Waals surface area contributed by atoms with Crippen LogP contribution in [0, 0.1) is 5.41 Å². The highest BCUT2D eigenvalue weighted by Crippen LogP contribution is 2.40. The van der Waals surface area contributed by atoms with Crippen LogP contribution in [0.15, 0.2) is 35.0 Å². The average Bonchev–Trinajstić information content (AvgIpc) is 3.19. The number of hydrogen-bond acceptors (Lipinski definition) is 7. The summed E-state index contributed by atoms with van der Waals surface area (Å²) in [4.78, 5) is 28.4. The van der Waals surface area contributed by atoms with Gasteiger partial charge >= 0.3 is 0 Å². The molecule has 1 aliphatic heterocycles. The minimum atomic E-state index is -0.781. The van der Waals surface area contributed by atoms with E-state index < -0.39 is 23.6 Å². The predicted molar refractivity (Wildman–Crippen MR) is 122 cm³/mol. The van der Waals surface area contributed by atoms with E-state index in [1.165, 1.54) is 4.90 Å². The van der Waals surface area contributed by atoms with Gasteiger partial charge in [-0.2, -0.15) is 0 Å². The van der Waals surface area contributed by atoms with Gasteiger partial charge in [0.1, 0.15) is 17.8 Å². The van der Waals surface area contributed by atoms with Gasteiger partial charge in [0.15, 0.2) is 5.58 Å². The Balaban J connectivity index is 1.34. The first-order valence-electron chi connectivity index (χ1n) is 11.7. The molecule has 3 heterocycles. The molecule has 3 atom stereocenters. The van der Waals surface area contributed by atoms with Gasteiger partial charge in [0, 0.05) is 30.5 Å². The number of likely N-dealkylation sites (tertiary alicyclic amines) is 1. The second-order valence-corrected chi connectivity index (χ2v) is 10.4. The molecule has 10 nitrogen and oxygen atoms in total. The number of aromatic nitrogens is 4. The van der Waals surface area contributed by atoms with Gasteiger partial charge in [-0.1, -0.05) is 43.3 Å². The molecule has 3 aromatic rings. The summed E-state index contributed by atoms with van der Waals surface area (Å²) in [6, 6.07) is 6.00. The second-order valence-electron chi connectivity index (χ2n) is 10.4. The molecule has 1 aliphatic carbocycles. The van der Waals surface area contributed by atoms with Crippen molar-refractivity contribution in [2.75, 3.05) is 6.54 Å². The van der Waals surface area contributed by atoms with Gasteiger partial charge in [0.25, 0.3) is 0 Å². The molecule has 2 N–H and O–H groups in total. The number of aliphatic hydroxyl groups excluding tert-OH is 1. The lowest BCUT2D eigenvalue weighted by molar-refractivity contribution is -0.144. The monoisotopic (exact) mass is 466 g/mol. The summed E-state index contributed by atoms with van der Waals surface area (Å²) in [6.45, 7) is 6.16. The summed E-state index contributed by atoms with van der Waals surface area (Å²) < 4.78 is 6.93. The zero-order valence-corrected chi connectivity index (χ0v) is 19.6. The van der Waals surface area contributed by atoms with Crippen LogP contribution in [0.3, 0.4) is 0 Å². The number of carbonyl (C=O) groups excluding carboxylic acids is 2. The zero-order chi connectivity index (χ0) is 24.0. The maximum atomic E-state index is 13.8. The third kappa shape index (κ3) is 4.29. The first-order valence-corrected chi connectivity index (χ1v) is 11.7. The van der Waals surface area contributed by atoms with E-state index in [1.807, 2.05) is 51.2 Å². The topological polar surface area (TPSA) is 126 Å². The third-order valence-corrected chi connectivity index (χ3v) is 6.59. The number of aliphatic hydroxyl groups is 1. The number of nitrogens with zero attached hydrogens (tertiary/aromatic N) is 5. The molecule has 34 heavy (non-hydrogen) atoms. The van der Waals surface area contributed by atoms with Crippen LogP contribution in [-0.2, 0) is 16.1 Å². The Bertz CT molecular complexity index is 1210. The molecule has 2 amide bonds. The van der Waals surface area contributed by atoms with Crippen molar-refractivity contribution in [1.82, 2.24) is 30.4 Å². The summed E-state index contributed by atoms with van der Waals surface area (Å²) in [5.41, 5.74) is 1.69. The Morgan fingerprint density at radius 1 is 1.26 bits per heavy atom. The Morgan fingerprint density at radius 3 is 2.76 bits per heavy atom. The molecule has 2 aromatic heterocycles. The van der Waals surface area contributed by atoms with Crippen LogP contribution in [-0.4, -0.2) is 60.7 Å². The Morgan fingerprint density at radius 2 is 2.03 bits per heavy atom. The number of β-amino-alcohol motifs (C(OH)–C–C–N with tert-alkyl or cyclic N) is 1. The standard InChI is InChI=1S/C24H30N6O4/c1-24(2,3)21(30-13-18(26-28-30)14-8-9-14)23(33)29-12-15(31)10-19(29)22(32)25-11-17-16-6-4-5-7-20(16)34-27-17/h4-7,13-15,19,21,31H,8-12H2,1-3H3,(H,25,32)/t15-,19+,21-/m1/s1. The molecule has 180 valence electrons. The number of carbonyl (C=O) groups is 2. The van der Waals surface area contributed by atoms with Gasteiger partial charge in [0.05, 0.1) is 18.3 Å². The Hall–Kier alpha value is -3.27. The van der Waals surface area contributed by atoms with Crippen molar-refractivity contribution >= 4 is 22.8 Å². The molecular formula is C24H30N6O4. The molecule has 0 bridgehead atoms. The third-order valence-electron chi connectivity index (χ3n) is 6.59. The summed E-state index contributed by atoms with van der Waals surface area (Å²) in [6.07, 6.45) is 3.44. The molecule has 1 saturated carbocycles. The molecule has 0 spiro atoms. The van der Waals surface area contributed by atoms with Gasteiger partial charge in [-0.15, -0.1) is 5.10 Å². The largest absolute Gasteiger partial charge is 0.391 e. The maximum absolute atomic E-state index is 13.8. The highest BCUT2D eigenvalue weighted by atomic mass is 16.5. The number of amides is 2. The van der Waals surface area contributed by atoms with Crippen molar-refractivity contribution in [2.24, 2.45) is 5.41 Å². The van der Waals surface area contributed by atoms with Crippen molar-refractivity contribution in [3.8, 4) is 0 Å². The van der Waals surface area contributed by atoms with Crippen LogP contribution in [0.5, 0.6) is 0 Å². The molecule has 2 fully saturated rings. The molecule has 1 aromatic carbocycles. The molecule has 1 saturated heterocycles. The Labute approximate surface area is 197 Å². The molecular weight excluding hydrogens is 436 g/mol. The van der Waals surface area contributed by atoms with E-state index in [1.54, 1.807) is 4.68 Å². The van der Waals surface area contributed by atoms with Crippen LogP contribution in [0.2, 0.25) is 0 Å². The Kier molecular flexibility index (Phi) is 5.63. The van der Waals surface area contributed by atoms with Gasteiger partial charge < -0.3 is 19.8 Å². The SMILES string of the molecule is CC(C)(C)[C@@H](C(=O)N1C[C@H](O)C[C@H]1C(=O)NCc1noc2ccccc12)n1cc(C2CC2)nn1. The lowest BCUT2D eigenvalue weighted by Crippen LogP contribution is -2.50. The summed E-state index contributed by atoms with van der Waals surface area (Å²) >= 11 is 0. The summed E-state index contributed by atoms with van der Waals surface area (Å²) in [5.74, 6) is -0.158. The zero-order valence-electron chi connectivity index (χ0n) is 19.6. The van der Waals surface area contributed by atoms with Gasteiger partial charge in [-0.25, -0.2) is 4.68 Å². The van der Waals surface area contributed by atoms with Crippen molar-refractivity contribution < 1.29 is 19.2 Å². The van der Waals surface area contributed by atoms with Gasteiger partial charge in [0.2, 0.25) is 11.8 Å². The lowest BCUT2D eigenvalue weighted by Gasteiger charge is -2.34. The smallest absolute Gasteiger partial charge is 0.248 e. The van der Waals surface area contributed by atoms with Crippen molar-refractivity contribution in [2.45, 2.75) is 70.7 Å². The minimum absolute atomic E-state index is 0.0978. The number of benzene rings is 1. The van der Waals surface area contributed by atoms with Crippen molar-refractivity contribution in [1.29, 1.82) is 0 Å². The molecule has 2 aliphatic rings. The van der Waals surface area contributed by atoms with Crippen LogP contribution in [0.25, 0.3) is 11.0 Å². The average molecular weight is 467 g/mol. The van der Waals surface area contributed by atoms with Gasteiger partial charge in [-0.3, -0.25) is 9.59 Å². The number of rotatable bonds is 6. The van der Waals surface area contributed by atoms with E-state index in [9.17, 15) is 14.7 Å². The highest BCUT2D eigenvalue weighted by Gasteiger charge is 2.45. The van der Waals surface area contributed by atoms with E-state index in [0.29, 0.717) is 17.2 Å². The predicted octanol–water partition coefficient (Wildman–Crippen LogP) is 2.16. The first-order chi connectivity index (χ1) is 16.2.